The van der Waals surface area contributed by atoms with E-state index in [1.807, 2.05) is 20.8 Å². The van der Waals surface area contributed by atoms with Gasteiger partial charge in [-0.1, -0.05) is 13.8 Å². The largest absolute Gasteiger partial charge is 0.397 e. The lowest BCUT2D eigenvalue weighted by Gasteiger charge is -2.11. The summed E-state index contributed by atoms with van der Waals surface area (Å²) in [4.78, 5) is 23.9. The number of carbonyl (C=O) groups excluding carboxylic acids is 2. The first kappa shape index (κ1) is 16.3. The van der Waals surface area contributed by atoms with Gasteiger partial charge >= 0.3 is 0 Å². The van der Waals surface area contributed by atoms with Crippen LogP contribution in [-0.4, -0.2) is 24.4 Å². The number of nitrogens with two attached hydrogens (primary N) is 2. The van der Waals surface area contributed by atoms with Crippen molar-refractivity contribution in [2.45, 2.75) is 39.7 Å². The third-order valence-electron chi connectivity index (χ3n) is 2.92. The molecule has 2 amide bonds. The van der Waals surface area contributed by atoms with Crippen molar-refractivity contribution in [3.8, 4) is 0 Å². The summed E-state index contributed by atoms with van der Waals surface area (Å²) < 4.78 is 0. The molecule has 0 aliphatic heterocycles. The molecule has 112 valence electrons. The number of nitrogens with one attached hydrogen (secondary N) is 2. The van der Waals surface area contributed by atoms with E-state index in [1.54, 1.807) is 0 Å². The van der Waals surface area contributed by atoms with Crippen LogP contribution in [0.4, 0.5) is 10.7 Å². The molecule has 1 aromatic rings. The van der Waals surface area contributed by atoms with Crippen molar-refractivity contribution in [1.82, 2.24) is 5.32 Å². The zero-order valence-corrected chi connectivity index (χ0v) is 12.9. The van der Waals surface area contributed by atoms with E-state index in [-0.39, 0.29) is 23.2 Å². The number of nitrogen functional groups attached to an aromatic ring is 1. The molecule has 0 aromatic carbocycles. The molecule has 6 nitrogen and oxygen atoms in total. The highest BCUT2D eigenvalue weighted by Crippen LogP contribution is 2.36. The second-order valence-electron chi connectivity index (χ2n) is 4.62. The average molecular weight is 298 g/mol. The maximum absolute atomic E-state index is 12.0. The fraction of sp³-hybridized carbons (Fsp3) is 0.538. The zero-order chi connectivity index (χ0) is 15.3. The van der Waals surface area contributed by atoms with E-state index in [0.717, 1.165) is 12.8 Å². The van der Waals surface area contributed by atoms with Gasteiger partial charge in [0.1, 0.15) is 9.88 Å². The number of rotatable bonds is 7. The normalized spacial score (nSPS) is 11.9. The van der Waals surface area contributed by atoms with Crippen molar-refractivity contribution in [2.75, 3.05) is 17.6 Å². The van der Waals surface area contributed by atoms with Crippen LogP contribution in [0.15, 0.2) is 0 Å². The Morgan fingerprint density at radius 2 is 2.00 bits per heavy atom. The fourth-order valence-electron chi connectivity index (χ4n) is 1.60. The van der Waals surface area contributed by atoms with Gasteiger partial charge in [0, 0.05) is 12.6 Å². The van der Waals surface area contributed by atoms with Crippen LogP contribution >= 0.6 is 11.3 Å². The molecule has 0 saturated carbocycles. The molecule has 0 saturated heterocycles. The summed E-state index contributed by atoms with van der Waals surface area (Å²) >= 11 is 1.17. The molecule has 1 aromatic heterocycles. The van der Waals surface area contributed by atoms with Crippen molar-refractivity contribution in [3.63, 3.8) is 0 Å². The Balaban J connectivity index is 3.12. The Hall–Kier alpha value is -1.76. The number of thiophene rings is 1. The molecule has 0 bridgehead atoms. The van der Waals surface area contributed by atoms with E-state index in [9.17, 15) is 9.59 Å². The Morgan fingerprint density at radius 1 is 1.35 bits per heavy atom. The molecule has 1 atom stereocenters. The average Bonchev–Trinajstić information content (AvgIpc) is 2.72. The van der Waals surface area contributed by atoms with Crippen molar-refractivity contribution in [2.24, 2.45) is 5.73 Å². The minimum atomic E-state index is -0.626. The van der Waals surface area contributed by atoms with Crippen LogP contribution in [-0.2, 0) is 0 Å². The van der Waals surface area contributed by atoms with E-state index in [1.165, 1.54) is 11.3 Å². The Labute approximate surface area is 122 Å². The van der Waals surface area contributed by atoms with E-state index < -0.39 is 5.91 Å². The summed E-state index contributed by atoms with van der Waals surface area (Å²) in [6.07, 6.45) is 1.71. The fourth-order valence-corrected chi connectivity index (χ4v) is 2.76. The van der Waals surface area contributed by atoms with Gasteiger partial charge in [0.05, 0.1) is 11.3 Å². The van der Waals surface area contributed by atoms with Crippen LogP contribution in [0, 0.1) is 0 Å². The quantitative estimate of drug-likeness (QED) is 0.615. The van der Waals surface area contributed by atoms with Gasteiger partial charge in [-0.3, -0.25) is 9.59 Å². The van der Waals surface area contributed by atoms with Gasteiger partial charge in [0.15, 0.2) is 0 Å². The molecule has 0 spiro atoms. The van der Waals surface area contributed by atoms with Gasteiger partial charge in [-0.15, -0.1) is 11.3 Å². The van der Waals surface area contributed by atoms with Gasteiger partial charge in [-0.2, -0.15) is 0 Å². The molecule has 1 unspecified atom stereocenters. The Morgan fingerprint density at radius 3 is 2.50 bits per heavy atom. The molecular weight excluding hydrogens is 276 g/mol. The third-order valence-corrected chi connectivity index (χ3v) is 4.06. The summed E-state index contributed by atoms with van der Waals surface area (Å²) in [5.41, 5.74) is 11.6. The van der Waals surface area contributed by atoms with E-state index in [2.05, 4.69) is 10.6 Å². The first-order chi connectivity index (χ1) is 9.42. The van der Waals surface area contributed by atoms with Crippen LogP contribution in [0.1, 0.15) is 53.6 Å². The second kappa shape index (κ2) is 7.14. The number of primary amides is 1. The second-order valence-corrected chi connectivity index (χ2v) is 5.64. The molecule has 0 radical (unpaired) electrons. The number of amides is 2. The highest BCUT2D eigenvalue weighted by molar-refractivity contribution is 7.19. The zero-order valence-electron chi connectivity index (χ0n) is 12.1. The molecule has 0 aliphatic carbocycles. The topological polar surface area (TPSA) is 110 Å². The van der Waals surface area contributed by atoms with Gasteiger partial charge in [0.2, 0.25) is 0 Å². The summed E-state index contributed by atoms with van der Waals surface area (Å²) in [5, 5.41) is 6.48. The predicted molar refractivity (Wildman–Crippen MR) is 83.2 cm³/mol. The van der Waals surface area contributed by atoms with Crippen LogP contribution in [0.5, 0.6) is 0 Å². The van der Waals surface area contributed by atoms with Crippen LogP contribution < -0.4 is 22.1 Å². The first-order valence-corrected chi connectivity index (χ1v) is 7.50. The third kappa shape index (κ3) is 3.63. The Kier molecular flexibility index (Phi) is 5.82. The summed E-state index contributed by atoms with van der Waals surface area (Å²) in [6, 6.07) is 0.165. The summed E-state index contributed by atoms with van der Waals surface area (Å²) in [5.74, 6) is -0.895. The molecule has 7 heteroatoms. The number of hydrogen-bond donors (Lipinski definition) is 4. The Bertz CT molecular complexity index is 499. The SMILES string of the molecule is CCCNC(=O)c1sc(NC(C)CC)c(C(N)=O)c1N. The number of hydrogen-bond acceptors (Lipinski definition) is 5. The van der Waals surface area contributed by atoms with Crippen molar-refractivity contribution in [3.05, 3.63) is 10.4 Å². The number of carbonyl (C=O) groups is 2. The molecule has 6 N–H and O–H groups in total. The van der Waals surface area contributed by atoms with Gasteiger partial charge < -0.3 is 22.1 Å². The van der Waals surface area contributed by atoms with E-state index in [4.69, 9.17) is 11.5 Å². The van der Waals surface area contributed by atoms with Gasteiger partial charge in [-0.25, -0.2) is 0 Å². The van der Waals surface area contributed by atoms with Crippen LogP contribution in [0.3, 0.4) is 0 Å². The highest BCUT2D eigenvalue weighted by atomic mass is 32.1. The van der Waals surface area contributed by atoms with E-state index >= 15 is 0 Å². The van der Waals surface area contributed by atoms with Crippen molar-refractivity contribution >= 4 is 33.8 Å². The smallest absolute Gasteiger partial charge is 0.263 e. The minimum absolute atomic E-state index is 0.155. The van der Waals surface area contributed by atoms with Gasteiger partial charge in [-0.05, 0) is 19.8 Å². The standard InChI is InChI=1S/C13H22N4O2S/c1-4-6-16-12(19)10-9(14)8(11(15)18)13(20-10)17-7(3)5-2/h7,17H,4-6,14H2,1-3H3,(H2,15,18)(H,16,19). The molecule has 0 aliphatic rings. The highest BCUT2D eigenvalue weighted by Gasteiger charge is 2.24. The van der Waals surface area contributed by atoms with Gasteiger partial charge in [0.25, 0.3) is 11.8 Å². The molecule has 0 fully saturated rings. The predicted octanol–water partition coefficient (Wildman–Crippen LogP) is 1.78. The van der Waals surface area contributed by atoms with Crippen molar-refractivity contribution in [1.29, 1.82) is 0 Å². The molecule has 1 rings (SSSR count). The summed E-state index contributed by atoms with van der Waals surface area (Å²) in [7, 11) is 0. The monoisotopic (exact) mass is 298 g/mol. The lowest BCUT2D eigenvalue weighted by molar-refractivity contribution is 0.0958. The molecular formula is C13H22N4O2S. The minimum Gasteiger partial charge on any atom is -0.397 e. The van der Waals surface area contributed by atoms with Crippen LogP contribution in [0.25, 0.3) is 0 Å². The molecule has 20 heavy (non-hydrogen) atoms. The van der Waals surface area contributed by atoms with Crippen LogP contribution in [0.2, 0.25) is 0 Å². The number of anilines is 2. The van der Waals surface area contributed by atoms with E-state index in [0.29, 0.717) is 16.4 Å². The molecule has 1 heterocycles. The summed E-state index contributed by atoms with van der Waals surface area (Å²) in [6.45, 7) is 6.53. The first-order valence-electron chi connectivity index (χ1n) is 6.69. The maximum Gasteiger partial charge on any atom is 0.263 e. The lowest BCUT2D eigenvalue weighted by Crippen LogP contribution is -2.24. The van der Waals surface area contributed by atoms with Crippen molar-refractivity contribution < 1.29 is 9.59 Å². The lowest BCUT2D eigenvalue weighted by atomic mass is 10.2. The maximum atomic E-state index is 12.0.